The number of carbonyl (C=O) groups is 5. The van der Waals surface area contributed by atoms with Crippen LogP contribution in [0.3, 0.4) is 0 Å². The van der Waals surface area contributed by atoms with Crippen LogP contribution in [0.1, 0.15) is 40.5 Å². The van der Waals surface area contributed by atoms with Gasteiger partial charge in [0.05, 0.1) is 19.1 Å². The van der Waals surface area contributed by atoms with Gasteiger partial charge < -0.3 is 37.6 Å². The lowest BCUT2D eigenvalue weighted by molar-refractivity contribution is -0.144. The zero-order chi connectivity index (χ0) is 23.6. The molecule has 0 aliphatic heterocycles. The first kappa shape index (κ1) is 27.3. The van der Waals surface area contributed by atoms with Gasteiger partial charge in [-0.3, -0.25) is 19.2 Å². The second kappa shape index (κ2) is 12.8. The van der Waals surface area contributed by atoms with E-state index in [2.05, 4.69) is 16.0 Å². The number of aliphatic hydroxyl groups excluding tert-OH is 1. The van der Waals surface area contributed by atoms with E-state index in [-0.39, 0.29) is 5.92 Å². The van der Waals surface area contributed by atoms with Gasteiger partial charge in [0.25, 0.3) is 0 Å². The van der Waals surface area contributed by atoms with Crippen LogP contribution < -0.4 is 27.4 Å². The molecule has 0 spiro atoms. The fourth-order valence-electron chi connectivity index (χ4n) is 2.38. The number of nitrogens with one attached hydrogen (secondary N) is 3. The van der Waals surface area contributed by atoms with E-state index < -0.39 is 72.7 Å². The van der Waals surface area contributed by atoms with Crippen LogP contribution in [0.2, 0.25) is 0 Å². The van der Waals surface area contributed by atoms with Crippen molar-refractivity contribution >= 4 is 29.6 Å². The molecule has 0 saturated heterocycles. The van der Waals surface area contributed by atoms with Gasteiger partial charge in [-0.25, -0.2) is 4.79 Å². The van der Waals surface area contributed by atoms with Crippen molar-refractivity contribution in [1.29, 1.82) is 0 Å². The average molecular weight is 431 g/mol. The van der Waals surface area contributed by atoms with Crippen LogP contribution in [-0.2, 0) is 24.0 Å². The summed E-state index contributed by atoms with van der Waals surface area (Å²) in [5.41, 5.74) is 10.7. The fourth-order valence-corrected chi connectivity index (χ4v) is 2.38. The van der Waals surface area contributed by atoms with Gasteiger partial charge in [0.2, 0.25) is 23.6 Å². The first-order valence-corrected chi connectivity index (χ1v) is 9.64. The van der Waals surface area contributed by atoms with Crippen LogP contribution in [0.4, 0.5) is 0 Å². The molecule has 30 heavy (non-hydrogen) atoms. The zero-order valence-corrected chi connectivity index (χ0v) is 17.7. The van der Waals surface area contributed by atoms with E-state index in [0.29, 0.717) is 6.42 Å². The Morgan fingerprint density at radius 3 is 1.83 bits per heavy atom. The van der Waals surface area contributed by atoms with Crippen LogP contribution in [0.15, 0.2) is 0 Å². The summed E-state index contributed by atoms with van der Waals surface area (Å²) < 4.78 is 0. The molecule has 0 saturated carbocycles. The number of hydrogen-bond donors (Lipinski definition) is 7. The van der Waals surface area contributed by atoms with Gasteiger partial charge in [-0.2, -0.15) is 0 Å². The molecule has 5 atom stereocenters. The van der Waals surface area contributed by atoms with E-state index in [0.717, 1.165) is 0 Å². The fraction of sp³-hybridized carbons (Fsp3) is 0.722. The molecule has 0 heterocycles. The second-order valence-electron chi connectivity index (χ2n) is 7.46. The van der Waals surface area contributed by atoms with Crippen molar-refractivity contribution in [3.05, 3.63) is 0 Å². The highest BCUT2D eigenvalue weighted by molar-refractivity contribution is 5.95. The van der Waals surface area contributed by atoms with Crippen molar-refractivity contribution in [2.75, 3.05) is 6.61 Å². The summed E-state index contributed by atoms with van der Waals surface area (Å²) in [6, 6.07) is -4.99. The number of primary amides is 1. The van der Waals surface area contributed by atoms with Crippen molar-refractivity contribution in [3.63, 3.8) is 0 Å². The van der Waals surface area contributed by atoms with Crippen molar-refractivity contribution in [2.24, 2.45) is 23.3 Å². The molecule has 0 aromatic carbocycles. The number of nitrogens with two attached hydrogens (primary N) is 2. The van der Waals surface area contributed by atoms with E-state index >= 15 is 0 Å². The largest absolute Gasteiger partial charge is 0.480 e. The van der Waals surface area contributed by atoms with Crippen molar-refractivity contribution in [1.82, 2.24) is 16.0 Å². The molecule has 12 heteroatoms. The number of carboxylic acid groups (broad SMARTS) is 1. The molecule has 0 bridgehead atoms. The molecule has 4 amide bonds. The third kappa shape index (κ3) is 8.74. The lowest BCUT2D eigenvalue weighted by atomic mass is 9.97. The zero-order valence-electron chi connectivity index (χ0n) is 17.7. The molecule has 0 radical (unpaired) electrons. The van der Waals surface area contributed by atoms with E-state index in [1.54, 1.807) is 27.7 Å². The summed E-state index contributed by atoms with van der Waals surface area (Å²) in [6.07, 6.45) is -0.176. The van der Waals surface area contributed by atoms with Crippen LogP contribution in [0.5, 0.6) is 0 Å². The summed E-state index contributed by atoms with van der Waals surface area (Å²) in [6.45, 7) is 6.09. The second-order valence-corrected chi connectivity index (χ2v) is 7.46. The minimum absolute atomic E-state index is 0.204. The van der Waals surface area contributed by atoms with Crippen LogP contribution in [0, 0.1) is 11.8 Å². The average Bonchev–Trinajstić information content (AvgIpc) is 2.67. The molecular formula is C18H33N5O7. The Hall–Kier alpha value is -2.73. The number of rotatable bonds is 13. The molecular weight excluding hydrogens is 398 g/mol. The summed E-state index contributed by atoms with van der Waals surface area (Å²) in [5.74, 6) is -5.33. The summed E-state index contributed by atoms with van der Waals surface area (Å²) in [5, 5.41) is 25.5. The molecule has 0 aromatic rings. The maximum absolute atomic E-state index is 12.6. The van der Waals surface area contributed by atoms with Crippen LogP contribution in [-0.4, -0.2) is 70.6 Å². The Morgan fingerprint density at radius 2 is 1.43 bits per heavy atom. The monoisotopic (exact) mass is 431 g/mol. The Labute approximate surface area is 175 Å². The highest BCUT2D eigenvalue weighted by atomic mass is 16.4. The lowest BCUT2D eigenvalue weighted by Gasteiger charge is -2.27. The van der Waals surface area contributed by atoms with Crippen molar-refractivity contribution in [2.45, 2.75) is 64.7 Å². The maximum atomic E-state index is 12.6. The molecule has 0 fully saturated rings. The van der Waals surface area contributed by atoms with Gasteiger partial charge in [0.1, 0.15) is 18.1 Å². The Bertz CT molecular complexity index is 640. The quantitative estimate of drug-likeness (QED) is 0.164. The molecule has 9 N–H and O–H groups in total. The van der Waals surface area contributed by atoms with Gasteiger partial charge in [0, 0.05) is 0 Å². The summed E-state index contributed by atoms with van der Waals surface area (Å²) in [4.78, 5) is 59.5. The third-order valence-electron chi connectivity index (χ3n) is 4.65. The SMILES string of the molecule is CCC(C)C(NC(=O)C(CO)NC(=O)C(N)C(C)C)C(=O)NC(CC(N)=O)C(=O)O. The highest BCUT2D eigenvalue weighted by Gasteiger charge is 2.33. The first-order valence-electron chi connectivity index (χ1n) is 9.64. The summed E-state index contributed by atoms with van der Waals surface area (Å²) >= 11 is 0. The molecule has 0 aromatic heterocycles. The van der Waals surface area contributed by atoms with Gasteiger partial charge in [-0.1, -0.05) is 34.1 Å². The Morgan fingerprint density at radius 1 is 0.900 bits per heavy atom. The van der Waals surface area contributed by atoms with E-state index in [1.807, 2.05) is 0 Å². The van der Waals surface area contributed by atoms with Crippen LogP contribution >= 0.6 is 0 Å². The first-order chi connectivity index (χ1) is 13.8. The summed E-state index contributed by atoms with van der Waals surface area (Å²) in [7, 11) is 0. The predicted octanol–water partition coefficient (Wildman–Crippen LogP) is -2.58. The number of aliphatic carboxylic acids is 1. The van der Waals surface area contributed by atoms with Crippen LogP contribution in [0.25, 0.3) is 0 Å². The Balaban J connectivity index is 5.36. The lowest BCUT2D eigenvalue weighted by Crippen LogP contribution is -2.60. The van der Waals surface area contributed by atoms with E-state index in [4.69, 9.17) is 16.6 Å². The molecule has 0 rings (SSSR count). The number of hydrogen-bond acceptors (Lipinski definition) is 7. The number of carbonyl (C=O) groups excluding carboxylic acids is 4. The number of carboxylic acids is 1. The smallest absolute Gasteiger partial charge is 0.326 e. The highest BCUT2D eigenvalue weighted by Crippen LogP contribution is 2.09. The molecule has 12 nitrogen and oxygen atoms in total. The topological polar surface area (TPSA) is 214 Å². The van der Waals surface area contributed by atoms with Gasteiger partial charge in [-0.05, 0) is 11.8 Å². The molecule has 5 unspecified atom stereocenters. The Kier molecular flexibility index (Phi) is 11.6. The van der Waals surface area contributed by atoms with Gasteiger partial charge >= 0.3 is 5.97 Å². The van der Waals surface area contributed by atoms with Crippen molar-refractivity contribution in [3.8, 4) is 0 Å². The van der Waals surface area contributed by atoms with Gasteiger partial charge in [0.15, 0.2) is 0 Å². The normalized spacial score (nSPS) is 16.0. The minimum Gasteiger partial charge on any atom is -0.480 e. The van der Waals surface area contributed by atoms with Crippen molar-refractivity contribution < 1.29 is 34.2 Å². The molecule has 172 valence electrons. The van der Waals surface area contributed by atoms with E-state index in [9.17, 15) is 29.1 Å². The standard InChI is InChI=1S/C18H33N5O7/c1-5-9(4)14(17(28)21-10(18(29)30)6-12(19)25)23-15(26)11(7-24)22-16(27)13(20)8(2)3/h8-11,13-14,24H,5-7,20H2,1-4H3,(H2,19,25)(H,21,28)(H,22,27)(H,23,26)(H,29,30). The third-order valence-corrected chi connectivity index (χ3v) is 4.65. The van der Waals surface area contributed by atoms with E-state index in [1.165, 1.54) is 0 Å². The molecule has 0 aliphatic carbocycles. The number of amides is 4. The molecule has 0 aliphatic rings. The minimum atomic E-state index is -1.56. The predicted molar refractivity (Wildman–Crippen MR) is 107 cm³/mol. The van der Waals surface area contributed by atoms with Gasteiger partial charge in [-0.15, -0.1) is 0 Å². The maximum Gasteiger partial charge on any atom is 0.326 e. The number of aliphatic hydroxyl groups is 1.